The topological polar surface area (TPSA) is 57.6 Å². The second-order valence-corrected chi connectivity index (χ2v) is 5.45. The molecule has 1 N–H and O–H groups in total. The second kappa shape index (κ2) is 4.75. The predicted molar refractivity (Wildman–Crippen MR) is 65.0 cm³/mol. The first-order chi connectivity index (χ1) is 9.90. The van der Waals surface area contributed by atoms with Crippen molar-refractivity contribution in [1.82, 2.24) is 4.90 Å². The summed E-state index contributed by atoms with van der Waals surface area (Å²) in [5.41, 5.74) is -0.297. The van der Waals surface area contributed by atoms with Crippen LogP contribution in [-0.2, 0) is 4.79 Å². The number of carbonyl (C=O) groups is 2. The molecule has 2 saturated heterocycles. The molecule has 2 heterocycles. The van der Waals surface area contributed by atoms with Crippen LogP contribution in [-0.4, -0.2) is 34.0 Å². The number of halogens is 3. The van der Waals surface area contributed by atoms with E-state index in [1.165, 1.54) is 4.90 Å². The minimum absolute atomic E-state index is 0.236. The average Bonchev–Trinajstić information content (AvgIpc) is 3.01. The molecule has 1 aromatic rings. The van der Waals surface area contributed by atoms with Gasteiger partial charge in [0.05, 0.1) is 5.92 Å². The molecule has 0 aromatic heterocycles. The van der Waals surface area contributed by atoms with Crippen molar-refractivity contribution in [2.75, 3.05) is 0 Å². The van der Waals surface area contributed by atoms with E-state index >= 15 is 0 Å². The van der Waals surface area contributed by atoms with E-state index < -0.39 is 41.3 Å². The van der Waals surface area contributed by atoms with Crippen molar-refractivity contribution in [3.63, 3.8) is 0 Å². The minimum atomic E-state index is -1.63. The Morgan fingerprint density at radius 1 is 1.14 bits per heavy atom. The summed E-state index contributed by atoms with van der Waals surface area (Å²) in [6.45, 7) is 0. The Hall–Kier alpha value is -2.05. The molecular formula is C14H12F3NO3. The Morgan fingerprint density at radius 2 is 1.76 bits per heavy atom. The maximum absolute atomic E-state index is 13.2. The summed E-state index contributed by atoms with van der Waals surface area (Å²) in [5, 5.41) is 9.12. The highest BCUT2D eigenvalue weighted by Crippen LogP contribution is 2.42. The number of nitrogens with zero attached hydrogens (tertiary/aromatic N) is 1. The zero-order chi connectivity index (χ0) is 15.3. The van der Waals surface area contributed by atoms with Crippen LogP contribution in [0.25, 0.3) is 0 Å². The summed E-state index contributed by atoms with van der Waals surface area (Å²) in [4.78, 5) is 24.9. The highest BCUT2D eigenvalue weighted by molar-refractivity contribution is 5.95. The van der Waals surface area contributed by atoms with Crippen LogP contribution in [0.2, 0.25) is 0 Å². The molecule has 3 atom stereocenters. The number of hydrogen-bond donors (Lipinski definition) is 1. The summed E-state index contributed by atoms with van der Waals surface area (Å²) in [6, 6.07) is 0.596. The molecule has 4 nitrogen and oxygen atoms in total. The fourth-order valence-electron chi connectivity index (χ4n) is 3.40. The van der Waals surface area contributed by atoms with Gasteiger partial charge in [-0.3, -0.25) is 9.59 Å². The normalized spacial score (nSPS) is 27.2. The lowest BCUT2D eigenvalue weighted by molar-refractivity contribution is -0.142. The van der Waals surface area contributed by atoms with E-state index in [0.29, 0.717) is 31.4 Å². The molecule has 2 bridgehead atoms. The molecule has 7 heteroatoms. The lowest BCUT2D eigenvalue weighted by Gasteiger charge is -2.23. The summed E-state index contributed by atoms with van der Waals surface area (Å²) in [5.74, 6) is -6.76. The van der Waals surface area contributed by atoms with Crippen LogP contribution < -0.4 is 0 Å². The number of carboxylic acid groups (broad SMARTS) is 1. The van der Waals surface area contributed by atoms with Gasteiger partial charge in [-0.25, -0.2) is 13.2 Å². The van der Waals surface area contributed by atoms with Crippen LogP contribution in [0.1, 0.15) is 29.6 Å². The molecule has 1 amide bonds. The van der Waals surface area contributed by atoms with Crippen molar-refractivity contribution in [3.8, 4) is 0 Å². The molecule has 2 fully saturated rings. The molecule has 112 valence electrons. The molecule has 0 aliphatic carbocycles. The van der Waals surface area contributed by atoms with E-state index in [1.807, 2.05) is 0 Å². The van der Waals surface area contributed by atoms with Gasteiger partial charge in [0.2, 0.25) is 0 Å². The van der Waals surface area contributed by atoms with Crippen molar-refractivity contribution in [2.45, 2.75) is 31.3 Å². The van der Waals surface area contributed by atoms with Crippen molar-refractivity contribution in [1.29, 1.82) is 0 Å². The van der Waals surface area contributed by atoms with E-state index in [1.54, 1.807) is 0 Å². The Balaban J connectivity index is 1.92. The second-order valence-electron chi connectivity index (χ2n) is 5.45. The van der Waals surface area contributed by atoms with E-state index in [0.717, 1.165) is 0 Å². The number of hydrogen-bond acceptors (Lipinski definition) is 2. The Morgan fingerprint density at radius 3 is 2.29 bits per heavy atom. The number of amides is 1. The Kier molecular flexibility index (Phi) is 3.15. The highest BCUT2D eigenvalue weighted by atomic mass is 19.2. The maximum Gasteiger partial charge on any atom is 0.308 e. The minimum Gasteiger partial charge on any atom is -0.481 e. The molecule has 3 rings (SSSR count). The molecule has 2 aliphatic heterocycles. The van der Waals surface area contributed by atoms with Crippen molar-refractivity contribution < 1.29 is 27.9 Å². The molecule has 2 aliphatic rings. The first kappa shape index (κ1) is 13.9. The summed E-state index contributed by atoms with van der Waals surface area (Å²) in [6.07, 6.45) is 1.57. The van der Waals surface area contributed by atoms with E-state index in [9.17, 15) is 22.8 Å². The molecule has 0 spiro atoms. The van der Waals surface area contributed by atoms with Crippen molar-refractivity contribution >= 4 is 11.9 Å². The molecule has 0 saturated carbocycles. The average molecular weight is 299 g/mol. The first-order valence-electron chi connectivity index (χ1n) is 6.60. The highest BCUT2D eigenvalue weighted by Gasteiger charge is 2.51. The van der Waals surface area contributed by atoms with Gasteiger partial charge >= 0.3 is 5.97 Å². The van der Waals surface area contributed by atoms with E-state index in [4.69, 9.17) is 5.11 Å². The third-order valence-corrected chi connectivity index (χ3v) is 4.32. The lowest BCUT2D eigenvalue weighted by Crippen LogP contribution is -2.38. The van der Waals surface area contributed by atoms with Crippen LogP contribution in [0, 0.1) is 23.4 Å². The van der Waals surface area contributed by atoms with Crippen LogP contribution >= 0.6 is 0 Å². The summed E-state index contributed by atoms with van der Waals surface area (Å²) < 4.78 is 39.4. The Labute approximate surface area is 118 Å². The number of rotatable bonds is 2. The zero-order valence-electron chi connectivity index (χ0n) is 10.9. The molecule has 1 aromatic carbocycles. The third kappa shape index (κ3) is 2.07. The predicted octanol–water partition coefficient (Wildman–Crippen LogP) is 2.18. The SMILES string of the molecule is O=C(O)C1CC2CCC1N2C(=O)c1cc(F)c(F)c(F)c1. The van der Waals surface area contributed by atoms with Crippen LogP contribution in [0.3, 0.4) is 0 Å². The van der Waals surface area contributed by atoms with Gasteiger partial charge < -0.3 is 10.0 Å². The standard InChI is InChI=1S/C14H12F3NO3/c15-9-3-6(4-10(16)12(9)17)13(19)18-7-1-2-11(18)8(5-7)14(20)21/h3-4,7-8,11H,1-2,5H2,(H,20,21). The Bertz CT molecular complexity index is 611. The zero-order valence-corrected chi connectivity index (χ0v) is 10.9. The van der Waals surface area contributed by atoms with Gasteiger partial charge in [-0.15, -0.1) is 0 Å². The van der Waals surface area contributed by atoms with Gasteiger partial charge in [-0.1, -0.05) is 0 Å². The monoisotopic (exact) mass is 299 g/mol. The van der Waals surface area contributed by atoms with Crippen molar-refractivity contribution in [2.24, 2.45) is 5.92 Å². The fraction of sp³-hybridized carbons (Fsp3) is 0.429. The van der Waals surface area contributed by atoms with Crippen LogP contribution in [0.15, 0.2) is 12.1 Å². The first-order valence-corrected chi connectivity index (χ1v) is 6.60. The van der Waals surface area contributed by atoms with E-state index in [-0.39, 0.29) is 11.6 Å². The molecule has 21 heavy (non-hydrogen) atoms. The van der Waals surface area contributed by atoms with Gasteiger partial charge in [0.25, 0.3) is 5.91 Å². The van der Waals surface area contributed by atoms with Crippen LogP contribution in [0.4, 0.5) is 13.2 Å². The van der Waals surface area contributed by atoms with E-state index in [2.05, 4.69) is 0 Å². The van der Waals surface area contributed by atoms with Gasteiger partial charge in [0.1, 0.15) is 0 Å². The van der Waals surface area contributed by atoms with Gasteiger partial charge in [-0.05, 0) is 31.4 Å². The van der Waals surface area contributed by atoms with Gasteiger partial charge in [0, 0.05) is 17.6 Å². The quantitative estimate of drug-likeness (QED) is 0.852. The number of carbonyl (C=O) groups excluding carboxylic acids is 1. The molecule has 3 unspecified atom stereocenters. The summed E-state index contributed by atoms with van der Waals surface area (Å²) in [7, 11) is 0. The number of benzene rings is 1. The molecule has 0 radical (unpaired) electrons. The van der Waals surface area contributed by atoms with Gasteiger partial charge in [-0.2, -0.15) is 0 Å². The fourth-order valence-corrected chi connectivity index (χ4v) is 3.40. The smallest absolute Gasteiger partial charge is 0.308 e. The third-order valence-electron chi connectivity index (χ3n) is 4.32. The molecular weight excluding hydrogens is 287 g/mol. The number of fused-ring (bicyclic) bond motifs is 2. The van der Waals surface area contributed by atoms with Gasteiger partial charge in [0.15, 0.2) is 17.5 Å². The number of aliphatic carboxylic acids is 1. The number of carboxylic acids is 1. The maximum atomic E-state index is 13.2. The van der Waals surface area contributed by atoms with Crippen LogP contribution in [0.5, 0.6) is 0 Å². The summed E-state index contributed by atoms with van der Waals surface area (Å²) >= 11 is 0. The van der Waals surface area contributed by atoms with Crippen molar-refractivity contribution in [3.05, 3.63) is 35.1 Å². The lowest BCUT2D eigenvalue weighted by atomic mass is 9.89. The largest absolute Gasteiger partial charge is 0.481 e.